The van der Waals surface area contributed by atoms with Crippen molar-refractivity contribution in [3.05, 3.63) is 35.9 Å². The number of aliphatic carboxylic acids is 1. The minimum absolute atomic E-state index is 0.398. The van der Waals surface area contributed by atoms with Crippen molar-refractivity contribution in [1.29, 1.82) is 0 Å². The van der Waals surface area contributed by atoms with E-state index in [2.05, 4.69) is 4.94 Å². The summed E-state index contributed by atoms with van der Waals surface area (Å²) in [6, 6.07) is 6.54. The van der Waals surface area contributed by atoms with Crippen LogP contribution in [0.3, 0.4) is 0 Å². The van der Waals surface area contributed by atoms with Crippen LogP contribution in [-0.2, 0) is 15.6 Å². The summed E-state index contributed by atoms with van der Waals surface area (Å²) in [4.78, 5) is 13.1. The Hall–Kier alpha value is -1.49. The summed E-state index contributed by atoms with van der Waals surface area (Å²) in [6.07, 6.45) is 0. The van der Waals surface area contributed by atoms with Gasteiger partial charge >= 0.3 is 11.8 Å². The van der Waals surface area contributed by atoms with Crippen molar-refractivity contribution in [2.24, 2.45) is 0 Å². The molecule has 0 amide bonds. The lowest BCUT2D eigenvalue weighted by Gasteiger charge is -2.14. The minimum Gasteiger partial charge on any atom is -0.477 e. The molecule has 1 aromatic carbocycles. The Bertz CT molecular complexity index is 302. The van der Waals surface area contributed by atoms with Gasteiger partial charge in [0.15, 0.2) is 0 Å². The number of halogens is 2. The lowest BCUT2D eigenvalue weighted by atomic mass is 10.1. The standard InChI is InChI=1S/C8H6F2O3/c9-8(13-10,7(11)12)6-4-2-1-3-5-6/h1-5H,(H,11,12). The van der Waals surface area contributed by atoms with E-state index in [0.29, 0.717) is 0 Å². The molecule has 0 heterocycles. The molecule has 0 aromatic heterocycles. The molecule has 0 saturated carbocycles. The van der Waals surface area contributed by atoms with Gasteiger partial charge in [-0.2, -0.15) is 4.39 Å². The molecule has 0 aliphatic carbocycles. The van der Waals surface area contributed by atoms with Gasteiger partial charge in [-0.25, -0.2) is 4.79 Å². The molecule has 0 aliphatic heterocycles. The third kappa shape index (κ3) is 1.65. The van der Waals surface area contributed by atoms with E-state index in [0.717, 1.165) is 12.1 Å². The van der Waals surface area contributed by atoms with Crippen LogP contribution in [0.2, 0.25) is 0 Å². The van der Waals surface area contributed by atoms with E-state index in [4.69, 9.17) is 5.11 Å². The van der Waals surface area contributed by atoms with E-state index in [1.807, 2.05) is 0 Å². The first-order valence-corrected chi connectivity index (χ1v) is 3.39. The Kier molecular flexibility index (Phi) is 2.57. The number of carbonyl (C=O) groups is 1. The van der Waals surface area contributed by atoms with Crippen LogP contribution < -0.4 is 0 Å². The van der Waals surface area contributed by atoms with E-state index in [9.17, 15) is 13.7 Å². The Morgan fingerprint density at radius 1 is 1.38 bits per heavy atom. The van der Waals surface area contributed by atoms with Gasteiger partial charge in [-0.05, 0) is 4.53 Å². The van der Waals surface area contributed by atoms with Gasteiger partial charge in [-0.15, -0.1) is 4.94 Å². The Balaban J connectivity index is 3.11. The fourth-order valence-electron chi connectivity index (χ4n) is 0.854. The van der Waals surface area contributed by atoms with Crippen LogP contribution in [0.4, 0.5) is 8.92 Å². The maximum absolute atomic E-state index is 13.2. The molecule has 5 heteroatoms. The third-order valence-electron chi connectivity index (χ3n) is 1.53. The zero-order valence-electron chi connectivity index (χ0n) is 6.41. The monoisotopic (exact) mass is 188 g/mol. The Morgan fingerprint density at radius 2 is 1.92 bits per heavy atom. The molecule has 1 rings (SSSR count). The van der Waals surface area contributed by atoms with Crippen molar-refractivity contribution in [2.75, 3.05) is 0 Å². The van der Waals surface area contributed by atoms with Crippen LogP contribution in [0.15, 0.2) is 30.3 Å². The predicted molar refractivity (Wildman–Crippen MR) is 39.1 cm³/mol. The molecule has 0 radical (unpaired) electrons. The summed E-state index contributed by atoms with van der Waals surface area (Å²) in [6.45, 7) is 0. The van der Waals surface area contributed by atoms with Gasteiger partial charge in [0.25, 0.3) is 0 Å². The second kappa shape index (κ2) is 3.49. The molecule has 0 fully saturated rings. The highest BCUT2D eigenvalue weighted by atomic mass is 19.3. The average molecular weight is 188 g/mol. The largest absolute Gasteiger partial charge is 0.477 e. The van der Waals surface area contributed by atoms with E-state index in [1.165, 1.54) is 12.1 Å². The highest BCUT2D eigenvalue weighted by molar-refractivity contribution is 5.77. The second-order valence-corrected chi connectivity index (χ2v) is 2.34. The first-order chi connectivity index (χ1) is 6.11. The molecule has 0 aliphatic rings. The summed E-state index contributed by atoms with van der Waals surface area (Å²) < 4.78 is 24.9. The molecule has 1 aromatic rings. The van der Waals surface area contributed by atoms with Gasteiger partial charge in [0.1, 0.15) is 0 Å². The summed E-state index contributed by atoms with van der Waals surface area (Å²) in [5.41, 5.74) is -0.398. The Labute approximate surface area is 72.5 Å². The molecular formula is C8H6F2O3. The predicted octanol–water partition coefficient (Wildman–Crippen LogP) is 1.79. The van der Waals surface area contributed by atoms with Crippen molar-refractivity contribution in [3.8, 4) is 0 Å². The van der Waals surface area contributed by atoms with Crippen molar-refractivity contribution in [1.82, 2.24) is 0 Å². The maximum atomic E-state index is 13.2. The van der Waals surface area contributed by atoms with E-state index in [-0.39, 0.29) is 0 Å². The number of rotatable bonds is 3. The summed E-state index contributed by atoms with van der Waals surface area (Å²) >= 11 is 0. The van der Waals surface area contributed by atoms with Crippen LogP contribution >= 0.6 is 0 Å². The maximum Gasteiger partial charge on any atom is 0.377 e. The SMILES string of the molecule is O=C(O)C(F)(OF)c1ccccc1. The fraction of sp³-hybridized carbons (Fsp3) is 0.125. The lowest BCUT2D eigenvalue weighted by Crippen LogP contribution is -2.31. The quantitative estimate of drug-likeness (QED) is 0.786. The van der Waals surface area contributed by atoms with Gasteiger partial charge in [0.2, 0.25) is 0 Å². The third-order valence-corrected chi connectivity index (χ3v) is 1.53. The molecular weight excluding hydrogens is 182 g/mol. The van der Waals surface area contributed by atoms with E-state index < -0.39 is 17.4 Å². The van der Waals surface area contributed by atoms with Gasteiger partial charge in [0, 0.05) is 5.56 Å². The smallest absolute Gasteiger partial charge is 0.377 e. The van der Waals surface area contributed by atoms with Crippen molar-refractivity contribution < 1.29 is 23.8 Å². The summed E-state index contributed by atoms with van der Waals surface area (Å²) in [5.74, 6) is -5.44. The second-order valence-electron chi connectivity index (χ2n) is 2.34. The Morgan fingerprint density at radius 3 is 2.31 bits per heavy atom. The number of carboxylic acid groups (broad SMARTS) is 1. The van der Waals surface area contributed by atoms with Gasteiger partial charge in [-0.1, -0.05) is 30.3 Å². The van der Waals surface area contributed by atoms with Gasteiger partial charge < -0.3 is 5.11 Å². The first-order valence-electron chi connectivity index (χ1n) is 3.39. The first kappa shape index (κ1) is 9.60. The van der Waals surface area contributed by atoms with Crippen molar-refractivity contribution >= 4 is 5.97 Å². The zero-order chi connectivity index (χ0) is 9.90. The van der Waals surface area contributed by atoms with E-state index >= 15 is 0 Å². The topological polar surface area (TPSA) is 46.5 Å². The van der Waals surface area contributed by atoms with Crippen LogP contribution in [-0.4, -0.2) is 11.1 Å². The van der Waals surface area contributed by atoms with Gasteiger partial charge in [-0.3, -0.25) is 0 Å². The van der Waals surface area contributed by atoms with E-state index in [1.54, 1.807) is 6.07 Å². The summed E-state index contributed by atoms with van der Waals surface area (Å²) in [5, 5.41) is 8.35. The highest BCUT2D eigenvalue weighted by Gasteiger charge is 2.43. The molecule has 1 unspecified atom stereocenters. The van der Waals surface area contributed by atoms with Gasteiger partial charge in [0.05, 0.1) is 0 Å². The number of carboxylic acids is 1. The normalized spacial score (nSPS) is 14.9. The molecule has 13 heavy (non-hydrogen) atoms. The number of hydrogen-bond donors (Lipinski definition) is 1. The molecule has 1 N–H and O–H groups in total. The summed E-state index contributed by atoms with van der Waals surface area (Å²) in [7, 11) is 0. The minimum atomic E-state index is -3.42. The molecule has 3 nitrogen and oxygen atoms in total. The van der Waals surface area contributed by atoms with Crippen LogP contribution in [0, 0.1) is 0 Å². The van der Waals surface area contributed by atoms with Crippen molar-refractivity contribution in [2.45, 2.75) is 5.85 Å². The van der Waals surface area contributed by atoms with Crippen molar-refractivity contribution in [3.63, 3.8) is 0 Å². The number of alkyl halides is 1. The van der Waals surface area contributed by atoms with Crippen LogP contribution in [0.5, 0.6) is 0 Å². The lowest BCUT2D eigenvalue weighted by molar-refractivity contribution is -0.295. The number of benzene rings is 1. The zero-order valence-corrected chi connectivity index (χ0v) is 6.41. The van der Waals surface area contributed by atoms with Crippen LogP contribution in [0.1, 0.15) is 5.56 Å². The molecule has 0 bridgehead atoms. The average Bonchev–Trinajstić information content (AvgIpc) is 2.17. The molecule has 70 valence electrons. The molecule has 1 atom stereocenters. The fourth-order valence-corrected chi connectivity index (χ4v) is 0.854. The molecule has 0 saturated heterocycles. The molecule has 0 spiro atoms. The van der Waals surface area contributed by atoms with Crippen LogP contribution in [0.25, 0.3) is 0 Å². The number of hydrogen-bond acceptors (Lipinski definition) is 2. The highest BCUT2D eigenvalue weighted by Crippen LogP contribution is 2.27.